The van der Waals surface area contributed by atoms with E-state index in [4.69, 9.17) is 11.6 Å². The van der Waals surface area contributed by atoms with Gasteiger partial charge in [0.05, 0.1) is 16.8 Å². The van der Waals surface area contributed by atoms with Crippen molar-refractivity contribution < 1.29 is 9.18 Å². The van der Waals surface area contributed by atoms with Crippen LogP contribution in [0.5, 0.6) is 0 Å². The molecule has 0 aromatic heterocycles. The lowest BCUT2D eigenvalue weighted by Gasteiger charge is -2.16. The molecule has 2 unspecified atom stereocenters. The van der Waals surface area contributed by atoms with Crippen LogP contribution < -0.4 is 10.6 Å². The van der Waals surface area contributed by atoms with Gasteiger partial charge in [0.25, 0.3) is 0 Å². The Bertz CT molecular complexity index is 439. The first-order valence-corrected chi connectivity index (χ1v) is 5.95. The van der Waals surface area contributed by atoms with E-state index in [0.29, 0.717) is 11.6 Å². The van der Waals surface area contributed by atoms with E-state index in [0.717, 1.165) is 13.0 Å². The van der Waals surface area contributed by atoms with Crippen LogP contribution in [0, 0.1) is 11.7 Å². The summed E-state index contributed by atoms with van der Waals surface area (Å²) in [4.78, 5) is 11.9. The summed E-state index contributed by atoms with van der Waals surface area (Å²) in [7, 11) is 0. The average Bonchev–Trinajstić information content (AvgIpc) is 2.68. The van der Waals surface area contributed by atoms with Crippen molar-refractivity contribution >= 4 is 23.2 Å². The van der Waals surface area contributed by atoms with E-state index in [1.165, 1.54) is 18.2 Å². The standard InChI is InChI=1S/C12H14ClFN2O/c1-7-4-5-15-11(7)12(17)16-10-3-2-8(14)6-9(10)13/h2-3,6-7,11,15H,4-5H2,1H3,(H,16,17). The number of carbonyl (C=O) groups is 1. The Hall–Kier alpha value is -1.13. The minimum atomic E-state index is -0.416. The Morgan fingerprint density at radius 1 is 1.59 bits per heavy atom. The molecule has 1 amide bonds. The maximum atomic E-state index is 12.8. The van der Waals surface area contributed by atoms with Gasteiger partial charge < -0.3 is 10.6 Å². The average molecular weight is 257 g/mol. The number of hydrogen-bond donors (Lipinski definition) is 2. The maximum absolute atomic E-state index is 12.8. The van der Waals surface area contributed by atoms with Crippen LogP contribution in [0.4, 0.5) is 10.1 Å². The normalized spacial score (nSPS) is 23.7. The van der Waals surface area contributed by atoms with E-state index in [9.17, 15) is 9.18 Å². The fourth-order valence-corrected chi connectivity index (χ4v) is 2.20. The van der Waals surface area contributed by atoms with Gasteiger partial charge in [-0.3, -0.25) is 4.79 Å². The van der Waals surface area contributed by atoms with Crippen LogP contribution in [0.25, 0.3) is 0 Å². The van der Waals surface area contributed by atoms with Crippen LogP contribution in [0.2, 0.25) is 5.02 Å². The molecule has 0 spiro atoms. The van der Waals surface area contributed by atoms with E-state index in [2.05, 4.69) is 10.6 Å². The highest BCUT2D eigenvalue weighted by Crippen LogP contribution is 2.24. The molecular formula is C12H14ClFN2O. The number of benzene rings is 1. The molecule has 1 aliphatic rings. The summed E-state index contributed by atoms with van der Waals surface area (Å²) in [5.74, 6) is -0.238. The van der Waals surface area contributed by atoms with Gasteiger partial charge in [-0.25, -0.2) is 4.39 Å². The molecule has 2 rings (SSSR count). The second-order valence-electron chi connectivity index (χ2n) is 4.31. The van der Waals surface area contributed by atoms with E-state index >= 15 is 0 Å². The molecule has 3 nitrogen and oxygen atoms in total. The van der Waals surface area contributed by atoms with Crippen molar-refractivity contribution in [3.8, 4) is 0 Å². The zero-order valence-electron chi connectivity index (χ0n) is 9.47. The number of amides is 1. The quantitative estimate of drug-likeness (QED) is 0.853. The van der Waals surface area contributed by atoms with Crippen molar-refractivity contribution in [3.05, 3.63) is 29.0 Å². The van der Waals surface area contributed by atoms with Gasteiger partial charge in [0.2, 0.25) is 5.91 Å². The Labute approximate surface area is 104 Å². The number of carbonyl (C=O) groups excluding carboxylic acids is 1. The Morgan fingerprint density at radius 3 is 2.94 bits per heavy atom. The Balaban J connectivity index is 2.07. The third-order valence-corrected chi connectivity index (χ3v) is 3.32. The van der Waals surface area contributed by atoms with E-state index < -0.39 is 5.82 Å². The molecule has 0 radical (unpaired) electrons. The molecule has 17 heavy (non-hydrogen) atoms. The molecule has 2 atom stereocenters. The van der Waals surface area contributed by atoms with Gasteiger partial charge in [-0.1, -0.05) is 18.5 Å². The maximum Gasteiger partial charge on any atom is 0.241 e. The molecule has 0 bridgehead atoms. The minimum Gasteiger partial charge on any atom is -0.323 e. The second-order valence-corrected chi connectivity index (χ2v) is 4.72. The van der Waals surface area contributed by atoms with Gasteiger partial charge in [0.15, 0.2) is 0 Å². The van der Waals surface area contributed by atoms with Gasteiger partial charge in [-0.15, -0.1) is 0 Å². The predicted molar refractivity (Wildman–Crippen MR) is 65.6 cm³/mol. The number of nitrogens with one attached hydrogen (secondary N) is 2. The van der Waals surface area contributed by atoms with Gasteiger partial charge in [-0.2, -0.15) is 0 Å². The fourth-order valence-electron chi connectivity index (χ4n) is 1.99. The molecule has 1 aromatic rings. The molecule has 1 fully saturated rings. The van der Waals surface area contributed by atoms with Gasteiger partial charge in [0.1, 0.15) is 5.82 Å². The molecule has 1 heterocycles. The van der Waals surface area contributed by atoms with E-state index in [1.807, 2.05) is 6.92 Å². The zero-order valence-corrected chi connectivity index (χ0v) is 10.2. The largest absolute Gasteiger partial charge is 0.323 e. The van der Waals surface area contributed by atoms with Crippen molar-refractivity contribution in [1.82, 2.24) is 5.32 Å². The fraction of sp³-hybridized carbons (Fsp3) is 0.417. The van der Waals surface area contributed by atoms with E-state index in [1.54, 1.807) is 0 Å². The smallest absolute Gasteiger partial charge is 0.241 e. The summed E-state index contributed by atoms with van der Waals surface area (Å²) in [6.45, 7) is 2.87. The predicted octanol–water partition coefficient (Wildman–Crippen LogP) is 2.42. The van der Waals surface area contributed by atoms with Crippen molar-refractivity contribution in [1.29, 1.82) is 0 Å². The lowest BCUT2D eigenvalue weighted by Crippen LogP contribution is -2.39. The minimum absolute atomic E-state index is 0.122. The Morgan fingerprint density at radius 2 is 2.35 bits per heavy atom. The van der Waals surface area contributed by atoms with Crippen LogP contribution in [0.1, 0.15) is 13.3 Å². The SMILES string of the molecule is CC1CCNC1C(=O)Nc1ccc(F)cc1Cl. The van der Waals surface area contributed by atoms with Crippen molar-refractivity contribution in [2.75, 3.05) is 11.9 Å². The molecule has 2 N–H and O–H groups in total. The molecule has 92 valence electrons. The second kappa shape index (κ2) is 5.02. The lowest BCUT2D eigenvalue weighted by molar-refractivity contribution is -0.118. The van der Waals surface area contributed by atoms with Crippen LogP contribution in [-0.4, -0.2) is 18.5 Å². The van der Waals surface area contributed by atoms with Crippen molar-refractivity contribution in [2.24, 2.45) is 5.92 Å². The third-order valence-electron chi connectivity index (χ3n) is 3.00. The Kier molecular flexibility index (Phi) is 3.64. The molecule has 1 saturated heterocycles. The number of anilines is 1. The summed E-state index contributed by atoms with van der Waals surface area (Å²) in [6, 6.07) is 3.72. The molecule has 1 aliphatic heterocycles. The van der Waals surface area contributed by atoms with Gasteiger partial charge in [-0.05, 0) is 37.1 Å². The highest BCUT2D eigenvalue weighted by atomic mass is 35.5. The molecule has 0 saturated carbocycles. The first-order valence-electron chi connectivity index (χ1n) is 5.57. The van der Waals surface area contributed by atoms with Crippen LogP contribution >= 0.6 is 11.6 Å². The van der Waals surface area contributed by atoms with Crippen molar-refractivity contribution in [3.63, 3.8) is 0 Å². The summed E-state index contributed by atoms with van der Waals surface area (Å²) >= 11 is 5.84. The lowest BCUT2D eigenvalue weighted by atomic mass is 10.0. The highest BCUT2D eigenvalue weighted by molar-refractivity contribution is 6.33. The first-order chi connectivity index (χ1) is 8.08. The topological polar surface area (TPSA) is 41.1 Å². The molecular weight excluding hydrogens is 243 g/mol. The number of hydrogen-bond acceptors (Lipinski definition) is 2. The zero-order chi connectivity index (χ0) is 12.4. The monoisotopic (exact) mass is 256 g/mol. The summed E-state index contributed by atoms with van der Waals surface area (Å²) in [5.41, 5.74) is 0.443. The van der Waals surface area contributed by atoms with E-state index in [-0.39, 0.29) is 17.0 Å². The summed E-state index contributed by atoms with van der Waals surface area (Å²) < 4.78 is 12.8. The highest BCUT2D eigenvalue weighted by Gasteiger charge is 2.29. The van der Waals surface area contributed by atoms with Crippen LogP contribution in [0.3, 0.4) is 0 Å². The molecule has 0 aliphatic carbocycles. The third kappa shape index (κ3) is 2.76. The van der Waals surface area contributed by atoms with Gasteiger partial charge in [0, 0.05) is 0 Å². The summed E-state index contributed by atoms with van der Waals surface area (Å²) in [6.07, 6.45) is 0.981. The van der Waals surface area contributed by atoms with Crippen LogP contribution in [0.15, 0.2) is 18.2 Å². The molecule has 1 aromatic carbocycles. The first kappa shape index (κ1) is 12.3. The molecule has 5 heteroatoms. The summed E-state index contributed by atoms with van der Waals surface area (Å²) in [5, 5.41) is 6.05. The van der Waals surface area contributed by atoms with Gasteiger partial charge >= 0.3 is 0 Å². The number of rotatable bonds is 2. The number of halogens is 2. The van der Waals surface area contributed by atoms with Crippen LogP contribution in [-0.2, 0) is 4.79 Å². The van der Waals surface area contributed by atoms with Crippen molar-refractivity contribution in [2.45, 2.75) is 19.4 Å².